The SMILES string of the molecule is COC(=O)C[C@@H](c1cccc(OCc2cc([C@@H]3CCCC3(C)C)c(-c3cc(OC)ccc3F)cc2F)c1F)C1CC1. The van der Waals surface area contributed by atoms with Gasteiger partial charge in [-0.25, -0.2) is 13.2 Å². The van der Waals surface area contributed by atoms with E-state index in [0.717, 1.165) is 37.7 Å². The first-order valence-electron chi connectivity index (χ1n) is 14.3. The average molecular weight is 567 g/mol. The van der Waals surface area contributed by atoms with Crippen LogP contribution in [0.1, 0.15) is 80.9 Å². The maximum Gasteiger partial charge on any atom is 0.306 e. The van der Waals surface area contributed by atoms with Crippen molar-refractivity contribution in [3.63, 3.8) is 0 Å². The Bertz CT molecular complexity index is 1430. The predicted molar refractivity (Wildman–Crippen MR) is 152 cm³/mol. The Morgan fingerprint density at radius 1 is 0.976 bits per heavy atom. The molecule has 0 aromatic heterocycles. The number of rotatable bonds is 10. The van der Waals surface area contributed by atoms with Gasteiger partial charge in [0, 0.05) is 17.0 Å². The third-order valence-corrected chi connectivity index (χ3v) is 8.90. The lowest BCUT2D eigenvalue weighted by Gasteiger charge is -2.30. The normalized spacial score (nSPS) is 18.7. The van der Waals surface area contributed by atoms with E-state index >= 15 is 13.2 Å². The van der Waals surface area contributed by atoms with Gasteiger partial charge in [0.2, 0.25) is 0 Å². The molecule has 0 N–H and O–H groups in total. The lowest BCUT2D eigenvalue weighted by Crippen LogP contribution is -2.17. The summed E-state index contributed by atoms with van der Waals surface area (Å²) in [6.45, 7) is 4.17. The van der Waals surface area contributed by atoms with Crippen LogP contribution in [-0.2, 0) is 16.1 Å². The summed E-state index contributed by atoms with van der Waals surface area (Å²) >= 11 is 0. The number of hydrogen-bond acceptors (Lipinski definition) is 4. The molecular formula is C34H37F3O4. The van der Waals surface area contributed by atoms with Crippen molar-refractivity contribution < 1.29 is 32.2 Å². The lowest BCUT2D eigenvalue weighted by molar-refractivity contribution is -0.141. The molecular weight excluding hydrogens is 529 g/mol. The van der Waals surface area contributed by atoms with Crippen molar-refractivity contribution in [1.82, 2.24) is 0 Å². The fourth-order valence-electron chi connectivity index (χ4n) is 6.38. The van der Waals surface area contributed by atoms with Crippen LogP contribution in [0.3, 0.4) is 0 Å². The van der Waals surface area contributed by atoms with Crippen molar-refractivity contribution in [2.75, 3.05) is 14.2 Å². The number of hydrogen-bond donors (Lipinski definition) is 0. The largest absolute Gasteiger partial charge is 0.497 e. The Morgan fingerprint density at radius 2 is 1.76 bits per heavy atom. The van der Waals surface area contributed by atoms with Crippen LogP contribution in [0.5, 0.6) is 11.5 Å². The Hall–Kier alpha value is -3.48. The Labute approximate surface area is 239 Å². The summed E-state index contributed by atoms with van der Waals surface area (Å²) in [6.07, 6.45) is 4.88. The highest BCUT2D eigenvalue weighted by atomic mass is 19.1. The van der Waals surface area contributed by atoms with Gasteiger partial charge < -0.3 is 14.2 Å². The summed E-state index contributed by atoms with van der Waals surface area (Å²) in [4.78, 5) is 12.0. The summed E-state index contributed by atoms with van der Waals surface area (Å²) in [6, 6.07) is 12.5. The van der Waals surface area contributed by atoms with Gasteiger partial charge in [-0.05, 0) is 96.0 Å². The van der Waals surface area contributed by atoms with E-state index in [0.29, 0.717) is 16.9 Å². The zero-order chi connectivity index (χ0) is 29.3. The predicted octanol–water partition coefficient (Wildman–Crippen LogP) is 8.71. The molecule has 2 aliphatic rings. The quantitative estimate of drug-likeness (QED) is 0.230. The van der Waals surface area contributed by atoms with E-state index in [1.165, 1.54) is 38.5 Å². The minimum absolute atomic E-state index is 0.00285. The van der Waals surface area contributed by atoms with Crippen LogP contribution in [-0.4, -0.2) is 20.2 Å². The molecule has 0 aliphatic heterocycles. The van der Waals surface area contributed by atoms with E-state index in [9.17, 15) is 4.79 Å². The van der Waals surface area contributed by atoms with Crippen LogP contribution in [0, 0.1) is 28.8 Å². The van der Waals surface area contributed by atoms with E-state index in [4.69, 9.17) is 14.2 Å². The van der Waals surface area contributed by atoms with E-state index in [1.807, 2.05) is 0 Å². The van der Waals surface area contributed by atoms with E-state index in [2.05, 4.69) is 13.8 Å². The van der Waals surface area contributed by atoms with Crippen LogP contribution < -0.4 is 9.47 Å². The summed E-state index contributed by atoms with van der Waals surface area (Å²) in [5, 5.41) is 0. The second-order valence-electron chi connectivity index (χ2n) is 12.0. The van der Waals surface area contributed by atoms with E-state index in [1.54, 1.807) is 24.3 Å². The number of halogens is 3. The van der Waals surface area contributed by atoms with Gasteiger partial charge in [0.25, 0.3) is 0 Å². The summed E-state index contributed by atoms with van der Waals surface area (Å²) in [7, 11) is 2.83. The molecule has 41 heavy (non-hydrogen) atoms. The number of benzene rings is 3. The summed E-state index contributed by atoms with van der Waals surface area (Å²) in [5.74, 6) is -1.44. The molecule has 5 rings (SSSR count). The van der Waals surface area contributed by atoms with Gasteiger partial charge in [-0.3, -0.25) is 4.79 Å². The smallest absolute Gasteiger partial charge is 0.306 e. The van der Waals surface area contributed by atoms with Gasteiger partial charge in [-0.2, -0.15) is 0 Å². The Balaban J connectivity index is 1.49. The molecule has 218 valence electrons. The van der Waals surface area contributed by atoms with Crippen molar-refractivity contribution in [1.29, 1.82) is 0 Å². The second-order valence-corrected chi connectivity index (χ2v) is 12.0. The maximum absolute atomic E-state index is 15.7. The monoisotopic (exact) mass is 566 g/mol. The van der Waals surface area contributed by atoms with E-state index in [-0.39, 0.29) is 59.0 Å². The molecule has 4 nitrogen and oxygen atoms in total. The van der Waals surface area contributed by atoms with Gasteiger partial charge in [0.05, 0.1) is 20.6 Å². The van der Waals surface area contributed by atoms with Gasteiger partial charge in [0.15, 0.2) is 11.6 Å². The van der Waals surface area contributed by atoms with Crippen LogP contribution in [0.15, 0.2) is 48.5 Å². The molecule has 3 aromatic carbocycles. The van der Waals surface area contributed by atoms with Crippen molar-refractivity contribution >= 4 is 5.97 Å². The minimum atomic E-state index is -0.556. The first kappa shape index (κ1) is 29.0. The second kappa shape index (κ2) is 11.8. The number of carbonyl (C=O) groups excluding carboxylic acids is 1. The topological polar surface area (TPSA) is 44.8 Å². The zero-order valence-corrected chi connectivity index (χ0v) is 24.1. The third-order valence-electron chi connectivity index (χ3n) is 8.90. The molecule has 7 heteroatoms. The van der Waals surface area contributed by atoms with Gasteiger partial charge in [0.1, 0.15) is 24.0 Å². The molecule has 0 amide bonds. The molecule has 0 unspecified atom stereocenters. The van der Waals surface area contributed by atoms with E-state index < -0.39 is 17.5 Å². The minimum Gasteiger partial charge on any atom is -0.497 e. The fourth-order valence-corrected chi connectivity index (χ4v) is 6.38. The standard InChI is InChI=1S/C34H37F3O4/c1-34(2)14-6-8-28(34)26-15-21(30(36)17-25(26)27-16-22(39-3)12-13-29(27)35)19-41-31-9-5-7-23(33(31)37)24(20-10-11-20)18-32(38)40-4/h5,7,9,12-13,15-17,20,24,28H,6,8,10-11,14,18-19H2,1-4H3/t24-,28+/m1/s1. The van der Waals surface area contributed by atoms with Gasteiger partial charge in [-0.15, -0.1) is 0 Å². The molecule has 2 atom stereocenters. The number of methoxy groups -OCH3 is 2. The first-order chi connectivity index (χ1) is 19.6. The highest BCUT2D eigenvalue weighted by molar-refractivity contribution is 5.71. The molecule has 3 aromatic rings. The van der Waals surface area contributed by atoms with Crippen LogP contribution in [0.2, 0.25) is 0 Å². The Morgan fingerprint density at radius 3 is 2.41 bits per heavy atom. The van der Waals surface area contributed by atoms with Gasteiger partial charge in [-0.1, -0.05) is 32.4 Å². The molecule has 2 aliphatic carbocycles. The van der Waals surface area contributed by atoms with Crippen molar-refractivity contribution in [2.45, 2.75) is 70.8 Å². The molecule has 2 fully saturated rings. The third kappa shape index (κ3) is 6.09. The van der Waals surface area contributed by atoms with Gasteiger partial charge >= 0.3 is 5.97 Å². The zero-order valence-electron chi connectivity index (χ0n) is 24.1. The van der Waals surface area contributed by atoms with Crippen LogP contribution in [0.4, 0.5) is 13.2 Å². The first-order valence-corrected chi connectivity index (χ1v) is 14.3. The van der Waals surface area contributed by atoms with Crippen LogP contribution in [0.25, 0.3) is 11.1 Å². The molecule has 0 bridgehead atoms. The van der Waals surface area contributed by atoms with Crippen molar-refractivity contribution in [3.05, 3.63) is 82.7 Å². The number of ether oxygens (including phenoxy) is 3. The van der Waals surface area contributed by atoms with Crippen LogP contribution >= 0.6 is 0 Å². The lowest BCUT2D eigenvalue weighted by atomic mass is 9.75. The summed E-state index contributed by atoms with van der Waals surface area (Å²) < 4.78 is 62.4. The number of carbonyl (C=O) groups is 1. The fraction of sp³-hybridized carbons (Fsp3) is 0.441. The highest BCUT2D eigenvalue weighted by Gasteiger charge is 2.38. The summed E-state index contributed by atoms with van der Waals surface area (Å²) in [5.41, 5.74) is 2.24. The molecule has 0 radical (unpaired) electrons. The molecule has 0 spiro atoms. The molecule has 2 saturated carbocycles. The highest BCUT2D eigenvalue weighted by Crippen LogP contribution is 2.52. The number of esters is 1. The Kier molecular flexibility index (Phi) is 8.35. The average Bonchev–Trinajstić information content (AvgIpc) is 3.74. The molecule has 0 saturated heterocycles. The maximum atomic E-state index is 15.7. The van der Waals surface area contributed by atoms with Crippen molar-refractivity contribution in [2.24, 2.45) is 11.3 Å². The molecule has 0 heterocycles. The van der Waals surface area contributed by atoms with Crippen molar-refractivity contribution in [3.8, 4) is 22.6 Å².